The number of nitrogens with two attached hydrogens (primary N) is 1. The van der Waals surface area contributed by atoms with Gasteiger partial charge in [0.25, 0.3) is 0 Å². The number of fused-ring (bicyclic) bond motifs is 1. The molecule has 0 fully saturated rings. The first-order valence-electron chi connectivity index (χ1n) is 15.7. The summed E-state index contributed by atoms with van der Waals surface area (Å²) in [5.41, 5.74) is 11.3. The molecule has 250 valence electrons. The van der Waals surface area contributed by atoms with Crippen molar-refractivity contribution in [3.63, 3.8) is 0 Å². The second-order valence-electron chi connectivity index (χ2n) is 12.1. The van der Waals surface area contributed by atoms with Crippen molar-refractivity contribution in [1.29, 1.82) is 0 Å². The Kier molecular flexibility index (Phi) is 12.5. The van der Waals surface area contributed by atoms with E-state index in [2.05, 4.69) is 61.9 Å². The first kappa shape index (κ1) is 35.8. The molecule has 1 heterocycles. The Labute approximate surface area is 307 Å². The van der Waals surface area contributed by atoms with Crippen molar-refractivity contribution in [3.05, 3.63) is 132 Å². The van der Waals surface area contributed by atoms with Crippen LogP contribution in [-0.2, 0) is 46.6 Å². The van der Waals surface area contributed by atoms with Crippen LogP contribution in [0.1, 0.15) is 27.8 Å². The molecule has 11 heteroatoms. The Balaban J connectivity index is 1.35. The highest BCUT2D eigenvalue weighted by Crippen LogP contribution is 2.29. The molecule has 0 aromatic heterocycles. The molecule has 0 bridgehead atoms. The molecule has 1 aliphatic heterocycles. The van der Waals surface area contributed by atoms with Gasteiger partial charge in [0.2, 0.25) is 11.8 Å². The Morgan fingerprint density at radius 1 is 0.792 bits per heavy atom. The summed E-state index contributed by atoms with van der Waals surface area (Å²) in [5.74, 6) is -1.53. The summed E-state index contributed by atoms with van der Waals surface area (Å²) in [7, 11) is 0. The molecule has 0 saturated heterocycles. The van der Waals surface area contributed by atoms with Gasteiger partial charge >= 0.3 is 5.97 Å². The fraction of sp³-hybridized carbons (Fsp3) is 0.270. The fourth-order valence-electron chi connectivity index (χ4n) is 6.03. The monoisotopic (exact) mass is 872 g/mol. The number of carbonyl (C=O) groups excluding carboxylic acids is 2. The molecular weight excluding hydrogens is 834 g/mol. The van der Waals surface area contributed by atoms with Gasteiger partial charge in [-0.3, -0.25) is 9.59 Å². The Morgan fingerprint density at radius 3 is 1.92 bits per heavy atom. The van der Waals surface area contributed by atoms with Gasteiger partial charge in [0.1, 0.15) is 11.8 Å². The van der Waals surface area contributed by atoms with E-state index in [1.807, 2.05) is 91.0 Å². The first-order valence-corrected chi connectivity index (χ1v) is 17.9. The predicted octanol–water partition coefficient (Wildman–Crippen LogP) is 4.44. The van der Waals surface area contributed by atoms with Crippen LogP contribution in [0.15, 0.2) is 97.1 Å². The highest BCUT2D eigenvalue weighted by Gasteiger charge is 2.34. The van der Waals surface area contributed by atoms with Crippen LogP contribution in [-0.4, -0.2) is 63.6 Å². The number of amides is 2. The maximum absolute atomic E-state index is 14.0. The van der Waals surface area contributed by atoms with Crippen LogP contribution in [0, 0.1) is 7.14 Å². The molecule has 2 amide bonds. The average Bonchev–Trinajstić information content (AvgIpc) is 3.08. The van der Waals surface area contributed by atoms with Crippen LogP contribution in [0.4, 0.5) is 0 Å². The van der Waals surface area contributed by atoms with E-state index in [4.69, 9.17) is 5.73 Å². The number of rotatable bonds is 13. The van der Waals surface area contributed by atoms with Crippen molar-refractivity contribution in [2.45, 2.75) is 56.4 Å². The van der Waals surface area contributed by atoms with Crippen LogP contribution in [0.2, 0.25) is 0 Å². The zero-order chi connectivity index (χ0) is 34.2. The lowest BCUT2D eigenvalue weighted by Gasteiger charge is -2.39. The zero-order valence-electron chi connectivity index (χ0n) is 26.2. The predicted molar refractivity (Wildman–Crippen MR) is 201 cm³/mol. The lowest BCUT2D eigenvalue weighted by Crippen LogP contribution is -2.57. The minimum atomic E-state index is -1.11. The number of carboxylic acids is 1. The number of hydrogen-bond acceptors (Lipinski definition) is 6. The quantitative estimate of drug-likeness (QED) is 0.125. The summed E-state index contributed by atoms with van der Waals surface area (Å²) in [6.45, 7) is 0.677. The topological polar surface area (TPSA) is 145 Å². The van der Waals surface area contributed by atoms with Crippen LogP contribution < -0.4 is 16.4 Å². The summed E-state index contributed by atoms with van der Waals surface area (Å²) in [6.07, 6.45) is 1.36. The van der Waals surface area contributed by atoms with Crippen molar-refractivity contribution in [2.75, 3.05) is 6.54 Å². The van der Waals surface area contributed by atoms with Gasteiger partial charge < -0.3 is 31.5 Å². The maximum Gasteiger partial charge on any atom is 0.326 e. The maximum atomic E-state index is 14.0. The van der Waals surface area contributed by atoms with E-state index in [0.717, 1.165) is 27.8 Å². The van der Waals surface area contributed by atoms with Crippen molar-refractivity contribution in [3.8, 4) is 5.75 Å². The molecule has 0 saturated carbocycles. The number of nitrogens with one attached hydrogen (secondary N) is 2. The van der Waals surface area contributed by atoms with Crippen molar-refractivity contribution in [1.82, 2.24) is 15.5 Å². The molecule has 9 nitrogen and oxygen atoms in total. The number of aromatic hydroxyl groups is 1. The third kappa shape index (κ3) is 9.33. The van der Waals surface area contributed by atoms with Crippen molar-refractivity contribution < 1.29 is 24.6 Å². The minimum Gasteiger partial charge on any atom is -0.506 e. The lowest BCUT2D eigenvalue weighted by molar-refractivity contribution is -0.142. The largest absolute Gasteiger partial charge is 0.506 e. The standard InChI is InChI=1S/C37H38I2N4O5/c38-29-15-25(16-30(39)34(29)44)17-31(40)36(46)43-22-27-14-8-7-13-26(27)20-28(43)21-41-32(18-23-9-3-1-4-10-23)35(45)42-33(37(47)48)19-24-11-5-2-6-12-24/h1-16,28,31-33,41,44H,17-22,40H2,(H,42,45)(H,47,48)/t28-,31-,32-,33-/m0/s1. The van der Waals surface area contributed by atoms with Gasteiger partial charge in [-0.15, -0.1) is 0 Å². The fourth-order valence-corrected chi connectivity index (χ4v) is 7.92. The van der Waals surface area contributed by atoms with Crippen molar-refractivity contribution >= 4 is 63.0 Å². The number of hydrogen-bond donors (Lipinski definition) is 5. The average molecular weight is 873 g/mol. The van der Waals surface area contributed by atoms with Gasteiger partial charge in [0, 0.05) is 25.6 Å². The van der Waals surface area contributed by atoms with E-state index in [1.165, 1.54) is 0 Å². The molecule has 0 spiro atoms. The molecule has 0 radical (unpaired) electrons. The van der Waals surface area contributed by atoms with Crippen LogP contribution in [0.3, 0.4) is 0 Å². The molecule has 4 atom stereocenters. The zero-order valence-corrected chi connectivity index (χ0v) is 30.5. The third-order valence-corrected chi connectivity index (χ3v) is 10.2. The lowest BCUT2D eigenvalue weighted by atomic mass is 9.92. The van der Waals surface area contributed by atoms with E-state index in [-0.39, 0.29) is 24.1 Å². The van der Waals surface area contributed by atoms with E-state index >= 15 is 0 Å². The highest BCUT2D eigenvalue weighted by atomic mass is 127. The van der Waals surface area contributed by atoms with Gasteiger partial charge in [-0.05, 0) is 104 Å². The van der Waals surface area contributed by atoms with Gasteiger partial charge in [-0.1, -0.05) is 84.9 Å². The molecule has 0 aliphatic carbocycles. The summed E-state index contributed by atoms with van der Waals surface area (Å²) >= 11 is 4.14. The Bertz CT molecular complexity index is 1720. The molecular formula is C37H38I2N4O5. The van der Waals surface area contributed by atoms with Gasteiger partial charge in [0.05, 0.1) is 19.2 Å². The summed E-state index contributed by atoms with van der Waals surface area (Å²) < 4.78 is 1.39. The molecule has 6 N–H and O–H groups in total. The second kappa shape index (κ2) is 16.7. The number of phenolic OH excluding ortho intramolecular Hbond substituents is 1. The molecule has 0 unspecified atom stereocenters. The van der Waals surface area contributed by atoms with Gasteiger partial charge in [-0.25, -0.2) is 4.79 Å². The van der Waals surface area contributed by atoms with Gasteiger partial charge in [0.15, 0.2) is 0 Å². The number of nitrogens with zero attached hydrogens (tertiary/aromatic N) is 1. The third-order valence-electron chi connectivity index (χ3n) is 8.58. The summed E-state index contributed by atoms with van der Waals surface area (Å²) in [6, 6.07) is 27.5. The van der Waals surface area contributed by atoms with E-state index in [9.17, 15) is 24.6 Å². The number of phenols is 1. The van der Waals surface area contributed by atoms with Crippen LogP contribution in [0.25, 0.3) is 0 Å². The number of benzene rings is 4. The van der Waals surface area contributed by atoms with E-state index in [1.54, 1.807) is 4.90 Å². The van der Waals surface area contributed by atoms with Crippen LogP contribution >= 0.6 is 45.2 Å². The number of aliphatic carboxylic acids is 1. The van der Waals surface area contributed by atoms with E-state index in [0.29, 0.717) is 39.5 Å². The smallest absolute Gasteiger partial charge is 0.326 e. The minimum absolute atomic E-state index is 0.151. The highest BCUT2D eigenvalue weighted by molar-refractivity contribution is 14.1. The molecule has 1 aliphatic rings. The van der Waals surface area contributed by atoms with Crippen molar-refractivity contribution in [2.24, 2.45) is 5.73 Å². The summed E-state index contributed by atoms with van der Waals surface area (Å²) in [5, 5.41) is 26.3. The second-order valence-corrected chi connectivity index (χ2v) is 14.4. The van der Waals surface area contributed by atoms with Crippen LogP contribution in [0.5, 0.6) is 5.75 Å². The number of carboxylic acid groups (broad SMARTS) is 1. The number of halogens is 2. The Hall–Kier alpha value is -3.53. The van der Waals surface area contributed by atoms with Gasteiger partial charge in [-0.2, -0.15) is 0 Å². The summed E-state index contributed by atoms with van der Waals surface area (Å²) in [4.78, 5) is 41.8. The molecule has 5 rings (SSSR count). The molecule has 4 aromatic carbocycles. The molecule has 4 aromatic rings. The SMILES string of the molecule is N[C@@H](Cc1cc(I)c(O)c(I)c1)C(=O)N1Cc2ccccc2C[C@H]1CN[C@@H](Cc1ccccc1)C(=O)N[C@@H](Cc1ccccc1)C(=O)O. The van der Waals surface area contributed by atoms with E-state index < -0.39 is 30.0 Å². The molecule has 48 heavy (non-hydrogen) atoms. The first-order chi connectivity index (χ1) is 23.1. The normalized spacial score (nSPS) is 16.0. The number of carbonyl (C=O) groups is 3. The Morgan fingerprint density at radius 2 is 1.33 bits per heavy atom.